The molecule has 1 aromatic heterocycles. The molecule has 7 nitrogen and oxygen atoms in total. The third-order valence-electron chi connectivity index (χ3n) is 3.82. The second kappa shape index (κ2) is 8.91. The fraction of sp³-hybridized carbons (Fsp3) is 0.0556. The average Bonchev–Trinajstić information content (AvgIpc) is 3.20. The van der Waals surface area contributed by atoms with E-state index in [1.165, 1.54) is 24.3 Å². The molecule has 0 bridgehead atoms. The maximum Gasteiger partial charge on any atom is 0.387 e. The number of sulfonamides is 1. The summed E-state index contributed by atoms with van der Waals surface area (Å²) in [6.07, 6.45) is 0. The van der Waals surface area contributed by atoms with Gasteiger partial charge in [-0.25, -0.2) is 21.6 Å². The van der Waals surface area contributed by atoms with Gasteiger partial charge in [-0.2, -0.15) is 8.78 Å². The van der Waals surface area contributed by atoms with Crippen LogP contribution in [0.2, 0.25) is 5.02 Å². The molecule has 1 heterocycles. The van der Waals surface area contributed by atoms with Gasteiger partial charge < -0.3 is 4.74 Å². The second-order valence-electron chi connectivity index (χ2n) is 5.90. The minimum atomic E-state index is -4.38. The zero-order valence-corrected chi connectivity index (χ0v) is 18.4. The van der Waals surface area contributed by atoms with Gasteiger partial charge in [-0.3, -0.25) is 4.79 Å². The van der Waals surface area contributed by atoms with E-state index in [4.69, 9.17) is 11.6 Å². The fourth-order valence-corrected chi connectivity index (χ4v) is 6.33. The minimum absolute atomic E-state index is 0.0752. The lowest BCUT2D eigenvalue weighted by Crippen LogP contribution is -2.30. The number of thiophene rings is 1. The van der Waals surface area contributed by atoms with Crippen molar-refractivity contribution >= 4 is 48.7 Å². The number of hydrogen-bond donors (Lipinski definition) is 1. The average molecular weight is 508 g/mol. The monoisotopic (exact) mass is 507 g/mol. The van der Waals surface area contributed by atoms with Gasteiger partial charge in [0, 0.05) is 16.0 Å². The summed E-state index contributed by atoms with van der Waals surface area (Å²) in [5, 5.41) is 1.48. The summed E-state index contributed by atoms with van der Waals surface area (Å²) in [6.45, 7) is -3.04. The molecule has 0 saturated heterocycles. The molecule has 0 saturated carbocycles. The van der Waals surface area contributed by atoms with Crippen molar-refractivity contribution in [3.8, 4) is 5.75 Å². The SMILES string of the molecule is O=C(NS(=O)(=O)c1cc(S(=O)(=O)c2ccc(Cl)cc2)cs1)c1ccc(OC(F)F)cc1. The molecule has 0 fully saturated rings. The molecule has 164 valence electrons. The van der Waals surface area contributed by atoms with Crippen molar-refractivity contribution < 1.29 is 35.1 Å². The summed E-state index contributed by atoms with van der Waals surface area (Å²) in [5.74, 6) is -1.23. The first-order chi connectivity index (χ1) is 14.5. The Morgan fingerprint density at radius 1 is 0.968 bits per heavy atom. The molecular formula is C18H12ClF2NO6S3. The first-order valence-electron chi connectivity index (χ1n) is 8.20. The molecule has 0 radical (unpaired) electrons. The number of carbonyl (C=O) groups excluding carboxylic acids is 1. The number of alkyl halides is 2. The third kappa shape index (κ3) is 5.39. The molecule has 0 unspecified atom stereocenters. The first-order valence-corrected chi connectivity index (χ1v) is 12.4. The van der Waals surface area contributed by atoms with Gasteiger partial charge in [-0.1, -0.05) is 11.6 Å². The van der Waals surface area contributed by atoms with Gasteiger partial charge in [0.05, 0.1) is 9.79 Å². The van der Waals surface area contributed by atoms with E-state index in [1.807, 2.05) is 0 Å². The van der Waals surface area contributed by atoms with Crippen LogP contribution >= 0.6 is 22.9 Å². The highest BCUT2D eigenvalue weighted by Crippen LogP contribution is 2.29. The van der Waals surface area contributed by atoms with Gasteiger partial charge in [0.25, 0.3) is 15.9 Å². The van der Waals surface area contributed by atoms with E-state index in [9.17, 15) is 30.4 Å². The quantitative estimate of drug-likeness (QED) is 0.519. The van der Waals surface area contributed by atoms with Crippen molar-refractivity contribution in [2.24, 2.45) is 0 Å². The van der Waals surface area contributed by atoms with E-state index in [0.717, 1.165) is 35.7 Å². The molecule has 0 atom stereocenters. The van der Waals surface area contributed by atoms with E-state index in [-0.39, 0.29) is 21.1 Å². The number of amides is 1. The summed E-state index contributed by atoms with van der Waals surface area (Å²) >= 11 is 6.37. The Kier molecular flexibility index (Phi) is 6.65. The Hall–Kier alpha value is -2.54. The summed E-state index contributed by atoms with van der Waals surface area (Å²) in [5.41, 5.74) is -0.129. The molecule has 13 heteroatoms. The van der Waals surface area contributed by atoms with Crippen LogP contribution in [0.15, 0.2) is 74.0 Å². The topological polar surface area (TPSA) is 107 Å². The molecule has 1 amide bonds. The number of hydrogen-bond acceptors (Lipinski definition) is 7. The molecule has 31 heavy (non-hydrogen) atoms. The second-order valence-corrected chi connectivity index (χ2v) is 11.1. The van der Waals surface area contributed by atoms with Crippen LogP contribution in [-0.2, 0) is 19.9 Å². The smallest absolute Gasteiger partial charge is 0.387 e. The number of rotatable bonds is 7. The standard InChI is InChI=1S/C18H12ClF2NO6S3/c19-12-3-7-14(8-4-12)30(24,25)15-9-16(29-10-15)31(26,27)22-17(23)11-1-5-13(6-2-11)28-18(20)21/h1-10,18H,(H,22,23). The Morgan fingerprint density at radius 2 is 1.58 bits per heavy atom. The van der Waals surface area contributed by atoms with Crippen LogP contribution in [0, 0.1) is 0 Å². The maximum atomic E-state index is 12.7. The van der Waals surface area contributed by atoms with Crippen LogP contribution in [0.3, 0.4) is 0 Å². The van der Waals surface area contributed by atoms with Crippen LogP contribution in [0.25, 0.3) is 0 Å². The van der Waals surface area contributed by atoms with E-state index < -0.39 is 36.6 Å². The largest absolute Gasteiger partial charge is 0.435 e. The van der Waals surface area contributed by atoms with Crippen molar-refractivity contribution in [1.82, 2.24) is 4.72 Å². The Bertz CT molecular complexity index is 1310. The molecule has 3 rings (SSSR count). The Labute approximate surface area is 185 Å². The van der Waals surface area contributed by atoms with Gasteiger partial charge >= 0.3 is 6.61 Å². The lowest BCUT2D eigenvalue weighted by molar-refractivity contribution is -0.0498. The molecule has 0 aliphatic heterocycles. The number of sulfone groups is 1. The van der Waals surface area contributed by atoms with Crippen LogP contribution in [0.4, 0.5) is 8.78 Å². The molecule has 0 aliphatic carbocycles. The number of halogens is 3. The fourth-order valence-electron chi connectivity index (χ4n) is 2.35. The molecular weight excluding hydrogens is 496 g/mol. The van der Waals surface area contributed by atoms with Crippen molar-refractivity contribution in [3.05, 3.63) is 70.6 Å². The van der Waals surface area contributed by atoms with Gasteiger partial charge in [0.15, 0.2) is 0 Å². The van der Waals surface area contributed by atoms with Gasteiger partial charge in [0.1, 0.15) is 9.96 Å². The molecule has 0 aliphatic rings. The molecule has 1 N–H and O–H groups in total. The van der Waals surface area contributed by atoms with Gasteiger partial charge in [-0.05, 0) is 54.6 Å². The van der Waals surface area contributed by atoms with Crippen LogP contribution in [0.1, 0.15) is 10.4 Å². The summed E-state index contributed by atoms with van der Waals surface area (Å²) in [6, 6.07) is 10.6. The normalized spacial score (nSPS) is 12.0. The van der Waals surface area contributed by atoms with Crippen LogP contribution < -0.4 is 9.46 Å². The molecule has 3 aromatic rings. The number of ether oxygens (including phenoxy) is 1. The van der Waals surface area contributed by atoms with E-state index in [1.54, 1.807) is 4.72 Å². The highest BCUT2D eigenvalue weighted by molar-refractivity contribution is 7.93. The minimum Gasteiger partial charge on any atom is -0.435 e. The highest BCUT2D eigenvalue weighted by Gasteiger charge is 2.25. The van der Waals surface area contributed by atoms with Crippen LogP contribution in [-0.4, -0.2) is 29.4 Å². The Balaban J connectivity index is 1.79. The van der Waals surface area contributed by atoms with Crippen LogP contribution in [0.5, 0.6) is 5.75 Å². The lowest BCUT2D eigenvalue weighted by Gasteiger charge is -2.07. The predicted octanol–water partition coefficient (Wildman–Crippen LogP) is 3.95. The third-order valence-corrected chi connectivity index (χ3v) is 8.74. The highest BCUT2D eigenvalue weighted by atomic mass is 35.5. The summed E-state index contributed by atoms with van der Waals surface area (Å²) in [7, 11) is -8.37. The van der Waals surface area contributed by atoms with Crippen molar-refractivity contribution in [2.45, 2.75) is 20.6 Å². The lowest BCUT2D eigenvalue weighted by atomic mass is 10.2. The van der Waals surface area contributed by atoms with Crippen molar-refractivity contribution in [1.29, 1.82) is 0 Å². The van der Waals surface area contributed by atoms with Crippen molar-refractivity contribution in [2.75, 3.05) is 0 Å². The zero-order valence-electron chi connectivity index (χ0n) is 15.2. The van der Waals surface area contributed by atoms with E-state index in [0.29, 0.717) is 16.4 Å². The number of carbonyl (C=O) groups is 1. The van der Waals surface area contributed by atoms with Gasteiger partial charge in [-0.15, -0.1) is 11.3 Å². The Morgan fingerprint density at radius 3 is 2.16 bits per heavy atom. The number of benzene rings is 2. The van der Waals surface area contributed by atoms with E-state index in [2.05, 4.69) is 4.74 Å². The summed E-state index contributed by atoms with van der Waals surface area (Å²) in [4.78, 5) is 11.9. The maximum absolute atomic E-state index is 12.7. The molecule has 0 spiro atoms. The molecule has 2 aromatic carbocycles. The van der Waals surface area contributed by atoms with E-state index >= 15 is 0 Å². The van der Waals surface area contributed by atoms with Crippen molar-refractivity contribution in [3.63, 3.8) is 0 Å². The predicted molar refractivity (Wildman–Crippen MR) is 109 cm³/mol. The number of nitrogens with one attached hydrogen (secondary N) is 1. The summed E-state index contributed by atoms with van der Waals surface area (Å²) < 4.78 is 80.2. The first kappa shape index (κ1) is 23.1. The van der Waals surface area contributed by atoms with Gasteiger partial charge in [0.2, 0.25) is 9.84 Å². The zero-order chi connectivity index (χ0) is 22.8.